The second-order valence-corrected chi connectivity index (χ2v) is 6.72. The zero-order chi connectivity index (χ0) is 17.7. The Kier molecular flexibility index (Phi) is 3.39. The Morgan fingerprint density at radius 2 is 1.88 bits per heavy atom. The van der Waals surface area contributed by atoms with Crippen molar-refractivity contribution in [1.29, 1.82) is 0 Å². The monoisotopic (exact) mass is 367 g/mol. The lowest BCUT2D eigenvalue weighted by atomic mass is 9.84. The summed E-state index contributed by atoms with van der Waals surface area (Å²) in [5.74, 6) is 1.80. The summed E-state index contributed by atoms with van der Waals surface area (Å²) in [6.45, 7) is 0.219. The van der Waals surface area contributed by atoms with Gasteiger partial charge in [-0.2, -0.15) is 5.10 Å². The first-order valence-corrected chi connectivity index (χ1v) is 8.60. The molecule has 0 saturated heterocycles. The molecule has 0 bridgehead atoms. The van der Waals surface area contributed by atoms with Gasteiger partial charge in [-0.3, -0.25) is 9.89 Å². The highest BCUT2D eigenvalue weighted by atomic mass is 35.5. The maximum atomic E-state index is 12.2. The predicted octanol–water partition coefficient (Wildman–Crippen LogP) is 3.93. The number of hydrogen-bond acceptors (Lipinski definition) is 4. The summed E-state index contributed by atoms with van der Waals surface area (Å²) in [4.78, 5) is 12.2. The van der Waals surface area contributed by atoms with Crippen LogP contribution in [0.5, 0.6) is 11.5 Å². The summed E-state index contributed by atoms with van der Waals surface area (Å²) in [7, 11) is 0. The average Bonchev–Trinajstić information content (AvgIpc) is 3.27. The third-order valence-electron chi connectivity index (χ3n) is 4.73. The Bertz CT molecular complexity index is 1010. The van der Waals surface area contributed by atoms with Crippen molar-refractivity contribution >= 4 is 23.3 Å². The van der Waals surface area contributed by atoms with Crippen LogP contribution in [0.1, 0.15) is 23.5 Å². The number of amides is 1. The third kappa shape index (κ3) is 2.42. The number of carbonyl (C=O) groups excluding carboxylic acids is 1. The van der Waals surface area contributed by atoms with Crippen LogP contribution in [0.25, 0.3) is 11.3 Å². The first-order chi connectivity index (χ1) is 12.7. The summed E-state index contributed by atoms with van der Waals surface area (Å²) in [5.41, 5.74) is 3.79. The fraction of sp³-hybridized carbons (Fsp3) is 0.158. The van der Waals surface area contributed by atoms with E-state index in [-0.39, 0.29) is 18.6 Å². The molecule has 1 atom stereocenters. The second kappa shape index (κ2) is 5.78. The molecule has 2 aliphatic heterocycles. The minimum atomic E-state index is -0.127. The highest BCUT2D eigenvalue weighted by molar-refractivity contribution is 6.30. The smallest absolute Gasteiger partial charge is 0.231 e. The lowest BCUT2D eigenvalue weighted by Crippen LogP contribution is -2.23. The van der Waals surface area contributed by atoms with E-state index in [9.17, 15) is 4.79 Å². The first-order valence-electron chi connectivity index (χ1n) is 8.22. The number of aromatic amines is 1. The maximum Gasteiger partial charge on any atom is 0.231 e. The van der Waals surface area contributed by atoms with Crippen LogP contribution in [0.4, 0.5) is 5.82 Å². The van der Waals surface area contributed by atoms with Gasteiger partial charge in [-0.05, 0) is 29.8 Å². The normalized spacial score (nSPS) is 17.7. The number of halogens is 1. The van der Waals surface area contributed by atoms with E-state index < -0.39 is 0 Å². The number of anilines is 1. The highest BCUT2D eigenvalue weighted by Crippen LogP contribution is 2.44. The standard InChI is InChI=1S/C19H14ClN3O3/c20-12-4-1-10(2-5-12)18-17-13(8-16(24)21-19(17)23-22-18)11-3-6-14-15(7-11)26-9-25-14/h1-7,13H,8-9H2,(H2,21,22,23,24)/t13-/m1/s1. The lowest BCUT2D eigenvalue weighted by molar-refractivity contribution is -0.116. The van der Waals surface area contributed by atoms with Gasteiger partial charge in [0.15, 0.2) is 17.3 Å². The fourth-order valence-electron chi connectivity index (χ4n) is 3.51. The molecule has 2 N–H and O–H groups in total. The molecule has 0 saturated carbocycles. The summed E-state index contributed by atoms with van der Waals surface area (Å²) in [5, 5.41) is 10.9. The van der Waals surface area contributed by atoms with Crippen LogP contribution in [-0.2, 0) is 4.79 Å². The van der Waals surface area contributed by atoms with E-state index in [1.54, 1.807) is 0 Å². The van der Waals surface area contributed by atoms with E-state index >= 15 is 0 Å². The van der Waals surface area contributed by atoms with Crippen LogP contribution in [-0.4, -0.2) is 22.9 Å². The Morgan fingerprint density at radius 3 is 2.73 bits per heavy atom. The van der Waals surface area contributed by atoms with E-state index in [2.05, 4.69) is 15.5 Å². The first kappa shape index (κ1) is 15.3. The van der Waals surface area contributed by atoms with Gasteiger partial charge < -0.3 is 14.8 Å². The number of hydrogen-bond donors (Lipinski definition) is 2. The molecule has 26 heavy (non-hydrogen) atoms. The van der Waals surface area contributed by atoms with Gasteiger partial charge in [0, 0.05) is 28.5 Å². The van der Waals surface area contributed by atoms with Crippen molar-refractivity contribution in [2.75, 3.05) is 12.1 Å². The number of benzene rings is 2. The molecule has 0 spiro atoms. The number of ether oxygens (including phenoxy) is 2. The molecule has 2 aromatic carbocycles. The van der Waals surface area contributed by atoms with Crippen molar-refractivity contribution in [3.63, 3.8) is 0 Å². The molecule has 1 aromatic heterocycles. The number of carbonyl (C=O) groups is 1. The molecule has 5 rings (SSSR count). The number of aromatic nitrogens is 2. The van der Waals surface area contributed by atoms with E-state index in [1.807, 2.05) is 42.5 Å². The molecule has 3 aromatic rings. The van der Waals surface area contributed by atoms with Crippen molar-refractivity contribution in [3.8, 4) is 22.8 Å². The van der Waals surface area contributed by atoms with Gasteiger partial charge in [0.05, 0.1) is 5.69 Å². The van der Waals surface area contributed by atoms with Crippen molar-refractivity contribution < 1.29 is 14.3 Å². The number of nitrogens with zero attached hydrogens (tertiary/aromatic N) is 1. The van der Waals surface area contributed by atoms with Crippen LogP contribution in [0.15, 0.2) is 42.5 Å². The zero-order valence-corrected chi connectivity index (χ0v) is 14.3. The molecule has 130 valence electrons. The minimum absolute atomic E-state index is 0.0608. The molecule has 1 amide bonds. The largest absolute Gasteiger partial charge is 0.454 e. The molecule has 0 fully saturated rings. The average molecular weight is 368 g/mol. The Hall–Kier alpha value is -2.99. The number of H-pyrrole nitrogens is 1. The van der Waals surface area contributed by atoms with Gasteiger partial charge >= 0.3 is 0 Å². The predicted molar refractivity (Wildman–Crippen MR) is 96.7 cm³/mol. The van der Waals surface area contributed by atoms with Crippen LogP contribution in [0, 0.1) is 0 Å². The lowest BCUT2D eigenvalue weighted by Gasteiger charge is -2.23. The van der Waals surface area contributed by atoms with Gasteiger partial charge in [-0.1, -0.05) is 29.8 Å². The molecule has 3 heterocycles. The van der Waals surface area contributed by atoms with Gasteiger partial charge in [0.25, 0.3) is 0 Å². The molecule has 7 heteroatoms. The summed E-state index contributed by atoms with van der Waals surface area (Å²) in [6, 6.07) is 13.3. The summed E-state index contributed by atoms with van der Waals surface area (Å²) < 4.78 is 10.9. The topological polar surface area (TPSA) is 76.2 Å². The minimum Gasteiger partial charge on any atom is -0.454 e. The van der Waals surface area contributed by atoms with Crippen molar-refractivity contribution in [2.24, 2.45) is 0 Å². The Morgan fingerprint density at radius 1 is 1.08 bits per heavy atom. The van der Waals surface area contributed by atoms with Gasteiger partial charge in [-0.15, -0.1) is 0 Å². The van der Waals surface area contributed by atoms with Crippen molar-refractivity contribution in [3.05, 3.63) is 58.6 Å². The van der Waals surface area contributed by atoms with Crippen LogP contribution in [0.2, 0.25) is 5.02 Å². The van der Waals surface area contributed by atoms with E-state index in [4.69, 9.17) is 21.1 Å². The molecular weight excluding hydrogens is 354 g/mol. The molecule has 0 radical (unpaired) electrons. The van der Waals surface area contributed by atoms with Crippen LogP contribution >= 0.6 is 11.6 Å². The van der Waals surface area contributed by atoms with Crippen LogP contribution < -0.4 is 14.8 Å². The van der Waals surface area contributed by atoms with Gasteiger partial charge in [-0.25, -0.2) is 0 Å². The zero-order valence-electron chi connectivity index (χ0n) is 13.6. The van der Waals surface area contributed by atoms with Crippen molar-refractivity contribution in [1.82, 2.24) is 10.2 Å². The number of nitrogens with one attached hydrogen (secondary N) is 2. The Balaban J connectivity index is 1.64. The fourth-order valence-corrected chi connectivity index (χ4v) is 3.63. The van der Waals surface area contributed by atoms with E-state index in [0.29, 0.717) is 23.0 Å². The van der Waals surface area contributed by atoms with Gasteiger partial charge in [0.2, 0.25) is 12.7 Å². The van der Waals surface area contributed by atoms with Crippen LogP contribution in [0.3, 0.4) is 0 Å². The van der Waals surface area contributed by atoms with Crippen molar-refractivity contribution in [2.45, 2.75) is 12.3 Å². The SMILES string of the molecule is O=C1C[C@H](c2ccc3c(c2)OCO3)c2c(n[nH]c2-c2ccc(Cl)cc2)N1. The third-order valence-corrected chi connectivity index (χ3v) is 4.98. The maximum absolute atomic E-state index is 12.2. The molecular formula is C19H14ClN3O3. The molecule has 2 aliphatic rings. The number of rotatable bonds is 2. The molecule has 0 aliphatic carbocycles. The molecule has 0 unspecified atom stereocenters. The van der Waals surface area contributed by atoms with E-state index in [0.717, 1.165) is 28.1 Å². The second-order valence-electron chi connectivity index (χ2n) is 6.29. The highest BCUT2D eigenvalue weighted by Gasteiger charge is 2.32. The van der Waals surface area contributed by atoms with Gasteiger partial charge in [0.1, 0.15) is 0 Å². The Labute approximate surface area is 154 Å². The van der Waals surface area contributed by atoms with E-state index in [1.165, 1.54) is 0 Å². The summed E-state index contributed by atoms with van der Waals surface area (Å²) >= 11 is 6.01. The molecule has 6 nitrogen and oxygen atoms in total. The summed E-state index contributed by atoms with van der Waals surface area (Å²) in [6.07, 6.45) is 0.340. The quantitative estimate of drug-likeness (QED) is 0.719. The number of fused-ring (bicyclic) bond motifs is 2.